The highest BCUT2D eigenvalue weighted by molar-refractivity contribution is 5.79. The Morgan fingerprint density at radius 3 is 2.62 bits per heavy atom. The number of benzene rings is 1. The molecule has 1 saturated heterocycles. The van der Waals surface area contributed by atoms with Crippen molar-refractivity contribution < 1.29 is 4.79 Å². The zero-order valence-corrected chi connectivity index (χ0v) is 15.3. The van der Waals surface area contributed by atoms with E-state index in [1.807, 2.05) is 30.4 Å². The Morgan fingerprint density at radius 2 is 1.85 bits per heavy atom. The first-order valence-electron chi connectivity index (χ1n) is 9.35. The Hall–Kier alpha value is -2.40. The monoisotopic (exact) mass is 350 g/mol. The number of anilines is 1. The maximum atomic E-state index is 12.7. The summed E-state index contributed by atoms with van der Waals surface area (Å²) in [5, 5.41) is 3.77. The van der Waals surface area contributed by atoms with Crippen LogP contribution in [0.15, 0.2) is 48.8 Å². The molecule has 26 heavy (non-hydrogen) atoms. The van der Waals surface area contributed by atoms with Gasteiger partial charge in [-0.3, -0.25) is 14.7 Å². The standard InChI is InChI=1S/C21H26N4O/c1-24-16-18-4-2-3-5-19(18)23-21(14-20(24)26)8-12-25(13-9-21)15-17-6-10-22-11-7-17/h2-7,10-11,23H,8-9,12-16H2,1H3. The lowest BCUT2D eigenvalue weighted by Gasteiger charge is -2.45. The van der Waals surface area contributed by atoms with Crippen molar-refractivity contribution in [2.75, 3.05) is 25.5 Å². The molecule has 1 aromatic heterocycles. The van der Waals surface area contributed by atoms with Gasteiger partial charge in [0.2, 0.25) is 5.91 Å². The third-order valence-corrected chi connectivity index (χ3v) is 5.71. The van der Waals surface area contributed by atoms with Gasteiger partial charge in [0.25, 0.3) is 0 Å². The molecule has 1 aromatic carbocycles. The number of amides is 1. The smallest absolute Gasteiger partial charge is 0.224 e. The molecule has 1 N–H and O–H groups in total. The number of rotatable bonds is 2. The van der Waals surface area contributed by atoms with Crippen LogP contribution in [-0.4, -0.2) is 46.4 Å². The van der Waals surface area contributed by atoms with Crippen molar-refractivity contribution in [1.29, 1.82) is 0 Å². The third-order valence-electron chi connectivity index (χ3n) is 5.71. The predicted molar refractivity (Wildman–Crippen MR) is 103 cm³/mol. The van der Waals surface area contributed by atoms with Gasteiger partial charge < -0.3 is 10.2 Å². The van der Waals surface area contributed by atoms with E-state index >= 15 is 0 Å². The summed E-state index contributed by atoms with van der Waals surface area (Å²) in [6, 6.07) is 12.5. The second-order valence-electron chi connectivity index (χ2n) is 7.62. The molecule has 2 aliphatic rings. The van der Waals surface area contributed by atoms with E-state index in [0.717, 1.165) is 32.5 Å². The van der Waals surface area contributed by atoms with E-state index in [-0.39, 0.29) is 11.4 Å². The molecule has 1 amide bonds. The summed E-state index contributed by atoms with van der Waals surface area (Å²) in [4.78, 5) is 21.1. The number of pyridine rings is 1. The summed E-state index contributed by atoms with van der Waals surface area (Å²) in [5.74, 6) is 0.231. The van der Waals surface area contributed by atoms with Crippen LogP contribution >= 0.6 is 0 Å². The number of hydrogen-bond acceptors (Lipinski definition) is 4. The minimum absolute atomic E-state index is 0.142. The minimum atomic E-state index is -0.142. The highest BCUT2D eigenvalue weighted by Crippen LogP contribution is 2.34. The fraction of sp³-hybridized carbons (Fsp3) is 0.429. The highest BCUT2D eigenvalue weighted by Gasteiger charge is 2.38. The van der Waals surface area contributed by atoms with Crippen molar-refractivity contribution in [2.24, 2.45) is 0 Å². The van der Waals surface area contributed by atoms with Crippen LogP contribution in [-0.2, 0) is 17.9 Å². The topological polar surface area (TPSA) is 48.5 Å². The molecule has 0 atom stereocenters. The Kier molecular flexibility index (Phi) is 4.64. The van der Waals surface area contributed by atoms with Gasteiger partial charge in [0.15, 0.2) is 0 Å². The van der Waals surface area contributed by atoms with Crippen LogP contribution in [0, 0.1) is 0 Å². The molecule has 2 aromatic rings. The molecule has 0 bridgehead atoms. The molecule has 5 heteroatoms. The zero-order chi connectivity index (χ0) is 18.0. The number of likely N-dealkylation sites (tertiary alicyclic amines) is 1. The fourth-order valence-electron chi connectivity index (χ4n) is 4.07. The van der Waals surface area contributed by atoms with E-state index in [1.165, 1.54) is 16.8 Å². The normalized spacial score (nSPS) is 20.2. The van der Waals surface area contributed by atoms with Crippen LogP contribution in [0.4, 0.5) is 5.69 Å². The number of nitrogens with zero attached hydrogens (tertiary/aromatic N) is 3. The average molecular weight is 350 g/mol. The van der Waals surface area contributed by atoms with E-state index in [1.54, 1.807) is 0 Å². The number of carbonyl (C=O) groups is 1. The number of nitrogens with one attached hydrogen (secondary N) is 1. The van der Waals surface area contributed by atoms with Gasteiger partial charge in [0, 0.05) is 63.3 Å². The number of fused-ring (bicyclic) bond motifs is 1. The molecule has 4 rings (SSSR count). The number of hydrogen-bond donors (Lipinski definition) is 1. The Morgan fingerprint density at radius 1 is 1.12 bits per heavy atom. The van der Waals surface area contributed by atoms with Gasteiger partial charge in [-0.25, -0.2) is 0 Å². The fourth-order valence-corrected chi connectivity index (χ4v) is 4.07. The van der Waals surface area contributed by atoms with E-state index in [4.69, 9.17) is 0 Å². The maximum Gasteiger partial charge on any atom is 0.224 e. The highest BCUT2D eigenvalue weighted by atomic mass is 16.2. The third kappa shape index (κ3) is 3.58. The van der Waals surface area contributed by atoms with Gasteiger partial charge in [-0.05, 0) is 42.2 Å². The largest absolute Gasteiger partial charge is 0.379 e. The quantitative estimate of drug-likeness (QED) is 0.905. The number of piperidine rings is 1. The number of aromatic nitrogens is 1. The van der Waals surface area contributed by atoms with Crippen LogP contribution < -0.4 is 5.32 Å². The lowest BCUT2D eigenvalue weighted by Crippen LogP contribution is -2.52. The second kappa shape index (κ2) is 7.08. The van der Waals surface area contributed by atoms with Crippen molar-refractivity contribution in [1.82, 2.24) is 14.8 Å². The molecule has 136 valence electrons. The summed E-state index contributed by atoms with van der Waals surface area (Å²) in [5.41, 5.74) is 3.52. The van der Waals surface area contributed by atoms with Crippen LogP contribution in [0.1, 0.15) is 30.4 Å². The first-order valence-corrected chi connectivity index (χ1v) is 9.35. The van der Waals surface area contributed by atoms with Crippen LogP contribution in [0.2, 0.25) is 0 Å². The van der Waals surface area contributed by atoms with Gasteiger partial charge in [0.1, 0.15) is 0 Å². The Bertz CT molecular complexity index is 769. The first kappa shape index (κ1) is 17.0. The van der Waals surface area contributed by atoms with Gasteiger partial charge >= 0.3 is 0 Å². The van der Waals surface area contributed by atoms with Crippen LogP contribution in [0.3, 0.4) is 0 Å². The van der Waals surface area contributed by atoms with E-state index < -0.39 is 0 Å². The summed E-state index contributed by atoms with van der Waals surface area (Å²) < 4.78 is 0. The van der Waals surface area contributed by atoms with E-state index in [9.17, 15) is 4.79 Å². The van der Waals surface area contributed by atoms with Gasteiger partial charge in [-0.2, -0.15) is 0 Å². The molecule has 2 aliphatic heterocycles. The molecule has 0 saturated carbocycles. The first-order chi connectivity index (χ1) is 12.6. The molecular formula is C21H26N4O. The van der Waals surface area contributed by atoms with Crippen molar-refractivity contribution >= 4 is 11.6 Å². The van der Waals surface area contributed by atoms with Crippen LogP contribution in [0.25, 0.3) is 0 Å². The van der Waals surface area contributed by atoms with Gasteiger partial charge in [-0.1, -0.05) is 18.2 Å². The van der Waals surface area contributed by atoms with Gasteiger partial charge in [0.05, 0.1) is 0 Å². The predicted octanol–water partition coefficient (Wildman–Crippen LogP) is 2.89. The molecule has 0 unspecified atom stereocenters. The van der Waals surface area contributed by atoms with Gasteiger partial charge in [-0.15, -0.1) is 0 Å². The molecule has 1 fully saturated rings. The minimum Gasteiger partial charge on any atom is -0.379 e. The lowest BCUT2D eigenvalue weighted by atomic mass is 9.82. The summed E-state index contributed by atoms with van der Waals surface area (Å²) in [6.07, 6.45) is 6.23. The summed E-state index contributed by atoms with van der Waals surface area (Å²) in [6.45, 7) is 3.61. The van der Waals surface area contributed by atoms with Crippen molar-refractivity contribution in [3.05, 3.63) is 59.9 Å². The summed E-state index contributed by atoms with van der Waals surface area (Å²) in [7, 11) is 1.91. The number of para-hydroxylation sites is 1. The Labute approximate surface area is 155 Å². The molecular weight excluding hydrogens is 324 g/mol. The van der Waals surface area contributed by atoms with E-state index in [0.29, 0.717) is 13.0 Å². The SMILES string of the molecule is CN1Cc2ccccc2NC2(CCN(Cc3ccncc3)CC2)CC1=O. The Balaban J connectivity index is 1.50. The molecule has 0 radical (unpaired) electrons. The number of carbonyl (C=O) groups excluding carboxylic acids is 1. The molecule has 0 aliphatic carbocycles. The molecule has 5 nitrogen and oxygen atoms in total. The second-order valence-corrected chi connectivity index (χ2v) is 7.62. The van der Waals surface area contributed by atoms with Crippen molar-refractivity contribution in [3.63, 3.8) is 0 Å². The van der Waals surface area contributed by atoms with Crippen LogP contribution in [0.5, 0.6) is 0 Å². The summed E-state index contributed by atoms with van der Waals surface area (Å²) >= 11 is 0. The molecule has 3 heterocycles. The lowest BCUT2D eigenvalue weighted by molar-refractivity contribution is -0.132. The van der Waals surface area contributed by atoms with Crippen molar-refractivity contribution in [2.45, 2.75) is 37.9 Å². The maximum absolute atomic E-state index is 12.7. The van der Waals surface area contributed by atoms with E-state index in [2.05, 4.69) is 45.5 Å². The zero-order valence-electron chi connectivity index (χ0n) is 15.3. The average Bonchev–Trinajstić information content (AvgIpc) is 2.65. The van der Waals surface area contributed by atoms with Crippen molar-refractivity contribution in [3.8, 4) is 0 Å². The molecule has 1 spiro atoms.